The number of fused-ring (bicyclic) bond motifs is 1. The molecule has 0 fully saturated rings. The number of carbonyl (C=O) groups is 1. The van der Waals surface area contributed by atoms with Gasteiger partial charge in [0.05, 0.1) is 19.0 Å². The lowest BCUT2D eigenvalue weighted by Crippen LogP contribution is -2.39. The van der Waals surface area contributed by atoms with Crippen LogP contribution >= 0.6 is 0 Å². The Morgan fingerprint density at radius 2 is 2.00 bits per heavy atom. The number of carbonyl (C=O) groups excluding carboxylic acids is 1. The Morgan fingerprint density at radius 1 is 1.27 bits per heavy atom. The Morgan fingerprint density at radius 3 is 2.65 bits per heavy atom. The van der Waals surface area contributed by atoms with Crippen molar-refractivity contribution in [2.45, 2.75) is 26.3 Å². The third-order valence-electron chi connectivity index (χ3n) is 4.62. The summed E-state index contributed by atoms with van der Waals surface area (Å²) in [5.74, 6) is 0.813. The summed E-state index contributed by atoms with van der Waals surface area (Å²) in [7, 11) is 3.54. The van der Waals surface area contributed by atoms with Crippen LogP contribution in [0.2, 0.25) is 0 Å². The number of rotatable bonds is 6. The zero-order chi connectivity index (χ0) is 18.7. The molecule has 1 unspecified atom stereocenters. The number of imidazole rings is 1. The molecule has 2 heterocycles. The van der Waals surface area contributed by atoms with Crippen LogP contribution in [0.4, 0.5) is 0 Å². The highest BCUT2D eigenvalue weighted by atomic mass is 16.5. The maximum Gasteiger partial charge on any atom is 0.255 e. The summed E-state index contributed by atoms with van der Waals surface area (Å²) < 4.78 is 7.04. The molecule has 0 radical (unpaired) electrons. The lowest BCUT2D eigenvalue weighted by Gasteiger charge is -2.28. The molecule has 0 aliphatic rings. The van der Waals surface area contributed by atoms with E-state index in [1.807, 2.05) is 53.8 Å². The van der Waals surface area contributed by atoms with Crippen LogP contribution < -0.4 is 4.74 Å². The minimum atomic E-state index is -0.0198. The first-order valence-corrected chi connectivity index (χ1v) is 8.74. The molecule has 1 aromatic carbocycles. The summed E-state index contributed by atoms with van der Waals surface area (Å²) in [6.07, 6.45) is 4.12. The largest absolute Gasteiger partial charge is 0.497 e. The molecule has 3 rings (SSSR count). The van der Waals surface area contributed by atoms with Crippen LogP contribution in [0.1, 0.15) is 29.8 Å². The molecule has 0 aliphatic carbocycles. The van der Waals surface area contributed by atoms with Gasteiger partial charge in [-0.2, -0.15) is 0 Å². The monoisotopic (exact) mass is 352 g/mol. The van der Waals surface area contributed by atoms with Gasteiger partial charge in [0.15, 0.2) is 5.65 Å². The topological polar surface area (TPSA) is 60.2 Å². The molecule has 0 saturated carbocycles. The molecule has 6 heteroatoms. The second-order valence-electron chi connectivity index (χ2n) is 6.41. The predicted molar refractivity (Wildman–Crippen MR) is 101 cm³/mol. The van der Waals surface area contributed by atoms with Crippen LogP contribution in [0, 0.1) is 0 Å². The number of benzene rings is 1. The van der Waals surface area contributed by atoms with Crippen molar-refractivity contribution in [1.29, 1.82) is 0 Å². The number of pyridine rings is 1. The SMILES string of the molecule is CCN(C(=O)c1cnc2c(c1)ncn2C)C(C)Cc1ccc(OC)cc1. The molecule has 0 spiro atoms. The zero-order valence-electron chi connectivity index (χ0n) is 15.6. The van der Waals surface area contributed by atoms with Gasteiger partial charge in [-0.25, -0.2) is 9.97 Å². The van der Waals surface area contributed by atoms with E-state index in [2.05, 4.69) is 16.9 Å². The second-order valence-corrected chi connectivity index (χ2v) is 6.41. The molecule has 0 N–H and O–H groups in total. The predicted octanol–water partition coefficient (Wildman–Crippen LogP) is 3.07. The quantitative estimate of drug-likeness (QED) is 0.684. The number of hydrogen-bond donors (Lipinski definition) is 0. The maximum absolute atomic E-state index is 13.0. The summed E-state index contributed by atoms with van der Waals surface area (Å²) >= 11 is 0. The van der Waals surface area contributed by atoms with Gasteiger partial charge in [0.1, 0.15) is 11.3 Å². The van der Waals surface area contributed by atoms with Gasteiger partial charge in [-0.3, -0.25) is 4.79 Å². The third kappa shape index (κ3) is 3.54. The van der Waals surface area contributed by atoms with E-state index in [4.69, 9.17) is 4.74 Å². The van der Waals surface area contributed by atoms with Crippen LogP contribution in [0.15, 0.2) is 42.9 Å². The van der Waals surface area contributed by atoms with E-state index in [1.54, 1.807) is 19.6 Å². The summed E-state index contributed by atoms with van der Waals surface area (Å²) in [6.45, 7) is 4.70. The lowest BCUT2D eigenvalue weighted by atomic mass is 10.0. The number of likely N-dealkylation sites (N-methyl/N-ethyl adjacent to an activating group) is 1. The number of hydrogen-bond acceptors (Lipinski definition) is 4. The van der Waals surface area contributed by atoms with Crippen molar-refractivity contribution in [2.24, 2.45) is 7.05 Å². The molecule has 26 heavy (non-hydrogen) atoms. The smallest absolute Gasteiger partial charge is 0.255 e. The summed E-state index contributed by atoms with van der Waals surface area (Å²) in [6, 6.07) is 9.84. The average Bonchev–Trinajstić information content (AvgIpc) is 3.03. The normalized spacial score (nSPS) is 12.2. The highest BCUT2D eigenvalue weighted by molar-refractivity contribution is 5.96. The molecule has 1 amide bonds. The van der Waals surface area contributed by atoms with E-state index < -0.39 is 0 Å². The van der Waals surface area contributed by atoms with Gasteiger partial charge in [0.2, 0.25) is 0 Å². The fourth-order valence-corrected chi connectivity index (χ4v) is 3.17. The van der Waals surface area contributed by atoms with Gasteiger partial charge in [0.25, 0.3) is 5.91 Å². The maximum atomic E-state index is 13.0. The van der Waals surface area contributed by atoms with Crippen molar-refractivity contribution in [1.82, 2.24) is 19.4 Å². The number of ether oxygens (including phenoxy) is 1. The first-order valence-electron chi connectivity index (χ1n) is 8.74. The number of nitrogens with zero attached hydrogens (tertiary/aromatic N) is 4. The van der Waals surface area contributed by atoms with E-state index in [0.29, 0.717) is 12.1 Å². The fourth-order valence-electron chi connectivity index (χ4n) is 3.17. The van der Waals surface area contributed by atoms with Crippen molar-refractivity contribution in [3.05, 3.63) is 54.0 Å². The Balaban J connectivity index is 1.77. The first-order chi connectivity index (χ1) is 12.5. The number of aromatic nitrogens is 3. The lowest BCUT2D eigenvalue weighted by molar-refractivity contribution is 0.0703. The van der Waals surface area contributed by atoms with Crippen LogP contribution in [-0.4, -0.2) is 45.0 Å². The van der Waals surface area contributed by atoms with Gasteiger partial charge in [0, 0.05) is 25.8 Å². The first kappa shape index (κ1) is 17.9. The Bertz CT molecular complexity index is 902. The van der Waals surface area contributed by atoms with E-state index in [1.165, 1.54) is 5.56 Å². The standard InChI is InChI=1S/C20H24N4O2/c1-5-24(14(2)10-15-6-8-17(26-4)9-7-15)20(25)16-11-18-19(21-12-16)23(3)13-22-18/h6-9,11-14H,5,10H2,1-4H3. The minimum Gasteiger partial charge on any atom is -0.497 e. The third-order valence-corrected chi connectivity index (χ3v) is 4.62. The average molecular weight is 352 g/mol. The summed E-state index contributed by atoms with van der Waals surface area (Å²) in [5.41, 5.74) is 3.25. The summed E-state index contributed by atoms with van der Waals surface area (Å²) in [5, 5.41) is 0. The van der Waals surface area contributed by atoms with Crippen LogP contribution in [-0.2, 0) is 13.5 Å². The van der Waals surface area contributed by atoms with Crippen molar-refractivity contribution in [3.63, 3.8) is 0 Å². The molecule has 1 atom stereocenters. The van der Waals surface area contributed by atoms with Gasteiger partial charge in [-0.15, -0.1) is 0 Å². The molecular weight excluding hydrogens is 328 g/mol. The number of amides is 1. The van der Waals surface area contributed by atoms with Crippen molar-refractivity contribution < 1.29 is 9.53 Å². The number of aryl methyl sites for hydroxylation is 1. The molecule has 0 saturated heterocycles. The van der Waals surface area contributed by atoms with E-state index in [0.717, 1.165) is 23.3 Å². The van der Waals surface area contributed by atoms with Gasteiger partial charge >= 0.3 is 0 Å². The molecule has 3 aromatic rings. The molecule has 0 aliphatic heterocycles. The molecular formula is C20H24N4O2. The van der Waals surface area contributed by atoms with Gasteiger partial charge < -0.3 is 14.2 Å². The zero-order valence-corrected chi connectivity index (χ0v) is 15.6. The van der Waals surface area contributed by atoms with E-state index in [9.17, 15) is 4.79 Å². The summed E-state index contributed by atoms with van der Waals surface area (Å²) in [4.78, 5) is 23.5. The van der Waals surface area contributed by atoms with Crippen molar-refractivity contribution >= 4 is 17.1 Å². The van der Waals surface area contributed by atoms with Crippen molar-refractivity contribution in [2.75, 3.05) is 13.7 Å². The van der Waals surface area contributed by atoms with Crippen molar-refractivity contribution in [3.8, 4) is 5.75 Å². The molecule has 6 nitrogen and oxygen atoms in total. The van der Waals surface area contributed by atoms with Gasteiger partial charge in [-0.05, 0) is 44.0 Å². The second kappa shape index (κ2) is 7.56. The Hall–Kier alpha value is -2.89. The van der Waals surface area contributed by atoms with Crippen LogP contribution in [0.5, 0.6) is 5.75 Å². The molecule has 2 aromatic heterocycles. The molecule has 136 valence electrons. The highest BCUT2D eigenvalue weighted by Gasteiger charge is 2.21. The van der Waals surface area contributed by atoms with E-state index >= 15 is 0 Å². The molecule has 0 bridgehead atoms. The van der Waals surface area contributed by atoms with Gasteiger partial charge in [-0.1, -0.05) is 12.1 Å². The Kier molecular flexibility index (Phi) is 5.21. The number of methoxy groups -OCH3 is 1. The van der Waals surface area contributed by atoms with E-state index in [-0.39, 0.29) is 11.9 Å². The van der Waals surface area contributed by atoms with Crippen LogP contribution in [0.25, 0.3) is 11.2 Å². The Labute approximate surface area is 153 Å². The fraction of sp³-hybridized carbons (Fsp3) is 0.350. The van der Waals surface area contributed by atoms with Crippen LogP contribution in [0.3, 0.4) is 0 Å². The highest BCUT2D eigenvalue weighted by Crippen LogP contribution is 2.17. The minimum absolute atomic E-state index is 0.0198.